The average molecular weight is 470 g/mol. The van der Waals surface area contributed by atoms with E-state index in [0.29, 0.717) is 6.07 Å². The Hall–Kier alpha value is -2.79. The van der Waals surface area contributed by atoms with Crippen molar-refractivity contribution in [3.63, 3.8) is 0 Å². The van der Waals surface area contributed by atoms with Crippen molar-refractivity contribution in [2.45, 2.75) is 12.4 Å². The van der Waals surface area contributed by atoms with Crippen molar-refractivity contribution in [1.82, 2.24) is 15.0 Å². The van der Waals surface area contributed by atoms with E-state index in [1.165, 1.54) is 6.07 Å². The maximum Gasteiger partial charge on any atom is 0.437 e. The van der Waals surface area contributed by atoms with Crippen molar-refractivity contribution >= 4 is 23.2 Å². The highest BCUT2D eigenvalue weighted by molar-refractivity contribution is 6.42. The van der Waals surface area contributed by atoms with E-state index < -0.39 is 46.4 Å². The van der Waals surface area contributed by atoms with E-state index in [0.717, 1.165) is 24.4 Å². The predicted molar refractivity (Wildman–Crippen MR) is 94.6 cm³/mol. The van der Waals surface area contributed by atoms with E-state index in [9.17, 15) is 31.1 Å². The minimum atomic E-state index is -5.23. The molecule has 0 saturated heterocycles. The van der Waals surface area contributed by atoms with Crippen LogP contribution >= 0.6 is 23.2 Å². The Morgan fingerprint density at radius 3 is 2.27 bits per heavy atom. The van der Waals surface area contributed by atoms with Crippen LogP contribution in [0.3, 0.4) is 0 Å². The SMILES string of the molecule is O=c1[nH]c(-c2ncccc2C(F)(F)F)nc(C(F)(F)F)c1Oc1ccc(Cl)c(Cl)c1. The second-order valence-corrected chi connectivity index (χ2v) is 6.48. The standard InChI is InChI=1S/C17H7Cl2F6N3O2/c18-9-4-3-7(6-10(9)19)30-12-13(17(23,24)25)27-14(28-15(12)29)11-8(16(20,21)22)2-1-5-26-11/h1-6H,(H,27,28,29). The molecule has 5 nitrogen and oxygen atoms in total. The average Bonchev–Trinajstić information content (AvgIpc) is 2.64. The number of benzene rings is 1. The van der Waals surface area contributed by atoms with Crippen LogP contribution in [0.5, 0.6) is 11.5 Å². The lowest BCUT2D eigenvalue weighted by Gasteiger charge is -2.15. The van der Waals surface area contributed by atoms with Crippen LogP contribution in [0.15, 0.2) is 41.3 Å². The second kappa shape index (κ2) is 7.80. The third-order valence-corrected chi connectivity index (χ3v) is 4.33. The van der Waals surface area contributed by atoms with Gasteiger partial charge < -0.3 is 9.72 Å². The molecule has 0 unspecified atom stereocenters. The van der Waals surface area contributed by atoms with Gasteiger partial charge in [0.15, 0.2) is 11.5 Å². The summed E-state index contributed by atoms with van der Waals surface area (Å²) in [6.07, 6.45) is -9.27. The summed E-state index contributed by atoms with van der Waals surface area (Å²) < 4.78 is 85.1. The first-order chi connectivity index (χ1) is 13.9. The number of aromatic amines is 1. The summed E-state index contributed by atoms with van der Waals surface area (Å²) >= 11 is 11.5. The maximum atomic E-state index is 13.5. The van der Waals surface area contributed by atoms with Crippen LogP contribution in [-0.2, 0) is 12.4 Å². The van der Waals surface area contributed by atoms with Crippen LogP contribution in [0, 0.1) is 0 Å². The third kappa shape index (κ3) is 4.51. The molecule has 0 fully saturated rings. The second-order valence-electron chi connectivity index (χ2n) is 5.67. The molecule has 0 aliphatic carbocycles. The maximum absolute atomic E-state index is 13.5. The van der Waals surface area contributed by atoms with Gasteiger partial charge in [-0.15, -0.1) is 0 Å². The highest BCUT2D eigenvalue weighted by atomic mass is 35.5. The number of alkyl halides is 6. The van der Waals surface area contributed by atoms with Gasteiger partial charge >= 0.3 is 12.4 Å². The number of pyridine rings is 1. The smallest absolute Gasteiger partial charge is 0.437 e. The van der Waals surface area contributed by atoms with Crippen LogP contribution in [0.2, 0.25) is 10.0 Å². The highest BCUT2D eigenvalue weighted by Gasteiger charge is 2.40. The van der Waals surface area contributed by atoms with E-state index in [1.807, 2.05) is 4.98 Å². The van der Waals surface area contributed by atoms with Gasteiger partial charge in [-0.1, -0.05) is 23.2 Å². The molecule has 2 aromatic heterocycles. The number of nitrogens with zero attached hydrogens (tertiary/aromatic N) is 2. The van der Waals surface area contributed by atoms with Crippen molar-refractivity contribution in [3.8, 4) is 23.0 Å². The number of halogens is 8. The molecule has 0 radical (unpaired) electrons. The molecule has 13 heteroatoms. The fraction of sp³-hybridized carbons (Fsp3) is 0.118. The Balaban J connectivity index is 2.19. The van der Waals surface area contributed by atoms with Gasteiger partial charge in [0.05, 0.1) is 15.6 Å². The molecule has 3 aromatic rings. The van der Waals surface area contributed by atoms with Crippen molar-refractivity contribution in [1.29, 1.82) is 0 Å². The van der Waals surface area contributed by atoms with Gasteiger partial charge in [0.1, 0.15) is 11.4 Å². The zero-order valence-corrected chi connectivity index (χ0v) is 15.7. The van der Waals surface area contributed by atoms with Crippen molar-refractivity contribution in [2.75, 3.05) is 0 Å². The largest absolute Gasteiger partial charge is 0.449 e. The number of nitrogens with one attached hydrogen (secondary N) is 1. The number of hydrogen-bond donors (Lipinski definition) is 1. The number of H-pyrrole nitrogens is 1. The first-order valence-electron chi connectivity index (χ1n) is 7.75. The molecular weight excluding hydrogens is 463 g/mol. The normalized spacial score (nSPS) is 12.1. The van der Waals surface area contributed by atoms with Gasteiger partial charge in [-0.2, -0.15) is 26.3 Å². The quantitative estimate of drug-likeness (QED) is 0.480. The van der Waals surface area contributed by atoms with Gasteiger partial charge in [0, 0.05) is 12.3 Å². The molecule has 0 amide bonds. The topological polar surface area (TPSA) is 67.9 Å². The lowest BCUT2D eigenvalue weighted by molar-refractivity contribution is -0.142. The van der Waals surface area contributed by atoms with Gasteiger partial charge in [-0.25, -0.2) is 4.98 Å². The molecule has 0 bridgehead atoms. The van der Waals surface area contributed by atoms with E-state index in [4.69, 9.17) is 27.9 Å². The van der Waals surface area contributed by atoms with E-state index >= 15 is 0 Å². The molecule has 2 heterocycles. The van der Waals surface area contributed by atoms with Gasteiger partial charge in [0.25, 0.3) is 5.56 Å². The molecule has 30 heavy (non-hydrogen) atoms. The fourth-order valence-electron chi connectivity index (χ4n) is 2.34. The molecule has 3 rings (SSSR count). The van der Waals surface area contributed by atoms with Crippen LogP contribution in [0.4, 0.5) is 26.3 Å². The molecule has 158 valence electrons. The molecule has 0 atom stereocenters. The first kappa shape index (κ1) is 21.9. The molecule has 1 aromatic carbocycles. The number of ether oxygens (including phenoxy) is 1. The van der Waals surface area contributed by atoms with E-state index in [1.54, 1.807) is 0 Å². The lowest BCUT2D eigenvalue weighted by atomic mass is 10.1. The number of rotatable bonds is 3. The van der Waals surface area contributed by atoms with Crippen molar-refractivity contribution < 1.29 is 31.1 Å². The minimum Gasteiger partial charge on any atom is -0.449 e. The van der Waals surface area contributed by atoms with Gasteiger partial charge in [0.2, 0.25) is 5.75 Å². The summed E-state index contributed by atoms with van der Waals surface area (Å²) in [6, 6.07) is 4.94. The summed E-state index contributed by atoms with van der Waals surface area (Å²) in [4.78, 5) is 20.7. The van der Waals surface area contributed by atoms with E-state index in [2.05, 4.69) is 9.97 Å². The van der Waals surface area contributed by atoms with Crippen LogP contribution < -0.4 is 10.3 Å². The minimum absolute atomic E-state index is 0.0629. The highest BCUT2D eigenvalue weighted by Crippen LogP contribution is 2.38. The molecular formula is C17H7Cl2F6N3O2. The summed E-state index contributed by atoms with van der Waals surface area (Å²) in [6.45, 7) is 0. The van der Waals surface area contributed by atoms with Gasteiger partial charge in [-0.05, 0) is 24.3 Å². The zero-order valence-electron chi connectivity index (χ0n) is 14.2. The van der Waals surface area contributed by atoms with Crippen molar-refractivity contribution in [2.24, 2.45) is 0 Å². The molecule has 1 N–H and O–H groups in total. The Morgan fingerprint density at radius 1 is 0.967 bits per heavy atom. The van der Waals surface area contributed by atoms with Crippen LogP contribution in [-0.4, -0.2) is 15.0 Å². The monoisotopic (exact) mass is 469 g/mol. The van der Waals surface area contributed by atoms with Gasteiger partial charge in [-0.3, -0.25) is 9.78 Å². The van der Waals surface area contributed by atoms with Crippen molar-refractivity contribution in [3.05, 3.63) is 68.2 Å². The Bertz CT molecular complexity index is 1160. The fourth-order valence-corrected chi connectivity index (χ4v) is 2.63. The number of hydrogen-bond acceptors (Lipinski definition) is 4. The first-order valence-corrected chi connectivity index (χ1v) is 8.50. The summed E-state index contributed by atoms with van der Waals surface area (Å²) in [5, 5.41) is 0.0179. The molecule has 0 aliphatic rings. The Kier molecular flexibility index (Phi) is 5.70. The van der Waals surface area contributed by atoms with E-state index in [-0.39, 0.29) is 15.8 Å². The van der Waals surface area contributed by atoms with Crippen LogP contribution in [0.1, 0.15) is 11.3 Å². The lowest BCUT2D eigenvalue weighted by Crippen LogP contribution is -2.21. The molecule has 0 aliphatic heterocycles. The predicted octanol–water partition coefficient (Wildman–Crippen LogP) is 5.97. The molecule has 0 saturated carbocycles. The summed E-state index contributed by atoms with van der Waals surface area (Å²) in [7, 11) is 0. The number of aromatic nitrogens is 3. The summed E-state index contributed by atoms with van der Waals surface area (Å²) in [5.74, 6) is -2.58. The molecule has 0 spiro atoms. The Labute approximate surface area is 173 Å². The third-order valence-electron chi connectivity index (χ3n) is 3.59. The zero-order chi connectivity index (χ0) is 22.3. The Morgan fingerprint density at radius 2 is 1.67 bits per heavy atom. The summed E-state index contributed by atoms with van der Waals surface area (Å²) in [5.41, 5.74) is -5.67. The van der Waals surface area contributed by atoms with Crippen LogP contribution in [0.25, 0.3) is 11.5 Å².